The number of rotatable bonds is 6. The first kappa shape index (κ1) is 28.1. The number of hydrogen-bond donors (Lipinski definition) is 0. The van der Waals surface area contributed by atoms with Gasteiger partial charge in [0.1, 0.15) is 0 Å². The van der Waals surface area contributed by atoms with E-state index in [4.69, 9.17) is 20.4 Å². The molecular weight excluding hydrogens is 613 g/mol. The van der Waals surface area contributed by atoms with E-state index in [1.807, 2.05) is 48.5 Å². The van der Waals surface area contributed by atoms with Gasteiger partial charge >= 0.3 is 0 Å². The van der Waals surface area contributed by atoms with Crippen LogP contribution in [-0.4, -0.2) is 29.5 Å². The summed E-state index contributed by atoms with van der Waals surface area (Å²) in [7, 11) is 0. The van der Waals surface area contributed by atoms with Crippen LogP contribution < -0.4 is 0 Å². The van der Waals surface area contributed by atoms with Gasteiger partial charge in [0.25, 0.3) is 0 Å². The lowest BCUT2D eigenvalue weighted by Crippen LogP contribution is -2.01. The van der Waals surface area contributed by atoms with Gasteiger partial charge in [-0.05, 0) is 68.7 Å². The van der Waals surface area contributed by atoms with E-state index in [9.17, 15) is 0 Å². The van der Waals surface area contributed by atoms with Crippen LogP contribution in [0.2, 0.25) is 0 Å². The predicted molar refractivity (Wildman–Crippen MR) is 202 cm³/mol. The molecule has 0 atom stereocenters. The Morgan fingerprint density at radius 2 is 0.640 bits per heavy atom. The first-order chi connectivity index (χ1) is 24.8. The smallest absolute Gasteiger partial charge is 0.169 e. The van der Waals surface area contributed by atoms with Crippen LogP contribution in [0.3, 0.4) is 0 Å². The second-order valence-corrected chi connectivity index (χ2v) is 12.4. The summed E-state index contributed by atoms with van der Waals surface area (Å²) >= 11 is 0. The average Bonchev–Trinajstić information content (AvgIpc) is 3.84. The average molecular weight is 641 g/mol. The van der Waals surface area contributed by atoms with Crippen molar-refractivity contribution in [2.24, 2.45) is 0 Å². The maximum atomic E-state index is 4.85. The van der Waals surface area contributed by atoms with E-state index in [1.165, 1.54) is 21.5 Å². The Bertz CT molecular complexity index is 2590. The summed E-state index contributed by atoms with van der Waals surface area (Å²) in [6.45, 7) is 0. The van der Waals surface area contributed by atoms with Crippen molar-refractivity contribution in [3.8, 4) is 56.9 Å². The molecule has 0 bridgehead atoms. The summed E-state index contributed by atoms with van der Waals surface area (Å²) in [5.41, 5.74) is 6.08. The lowest BCUT2D eigenvalue weighted by atomic mass is 9.89. The summed E-state index contributed by atoms with van der Waals surface area (Å²) in [6.07, 6.45) is 0. The summed E-state index contributed by atoms with van der Waals surface area (Å²) in [5, 5.41) is 26.2. The van der Waals surface area contributed by atoms with Crippen molar-refractivity contribution in [1.29, 1.82) is 0 Å². The van der Waals surface area contributed by atoms with Crippen molar-refractivity contribution in [3.63, 3.8) is 0 Å². The highest BCUT2D eigenvalue weighted by Gasteiger charge is 2.23. The Morgan fingerprint density at radius 3 is 1.04 bits per heavy atom. The summed E-state index contributed by atoms with van der Waals surface area (Å²) in [6, 6.07) is 58.9. The second kappa shape index (κ2) is 11.4. The van der Waals surface area contributed by atoms with Gasteiger partial charge in [-0.3, -0.25) is 9.13 Å². The molecule has 2 aromatic heterocycles. The Labute approximate surface area is 287 Å². The minimum Gasteiger partial charge on any atom is -0.275 e. The van der Waals surface area contributed by atoms with Gasteiger partial charge in [-0.15, -0.1) is 20.4 Å². The van der Waals surface area contributed by atoms with Crippen LogP contribution in [0.1, 0.15) is 0 Å². The Hall–Kier alpha value is -6.92. The third-order valence-corrected chi connectivity index (χ3v) is 9.57. The van der Waals surface area contributed by atoms with Crippen LogP contribution in [0.25, 0.3) is 89.2 Å². The minimum atomic E-state index is 0.796. The monoisotopic (exact) mass is 640 g/mol. The van der Waals surface area contributed by atoms with Crippen LogP contribution in [0, 0.1) is 0 Å². The standard InChI is InChI=1S/C44H28N6/c1-5-13-31(14-6-1)41-45-47-43(49(41)33-17-9-3-10-18-33)37-27-23-29-22-26-36-38(28-24-30-21-25-35(37)39(29)40(30)36)44-48-46-42(32-15-7-2-8-16-32)50(44)34-19-11-4-12-20-34/h1-28H. The fraction of sp³-hybridized carbons (Fsp3) is 0. The number of aromatic nitrogens is 6. The SMILES string of the molecule is c1ccc(-c2nnc(-c3ccc4ccc5c(-c6nnc(-c7ccccc7)n6-c6ccccc6)ccc6ccc3c4c65)n2-c2ccccc2)cc1. The first-order valence-corrected chi connectivity index (χ1v) is 16.7. The molecule has 0 saturated carbocycles. The van der Waals surface area contributed by atoms with Crippen molar-refractivity contribution in [2.75, 3.05) is 0 Å². The van der Waals surface area contributed by atoms with Crippen LogP contribution in [0.15, 0.2) is 170 Å². The second-order valence-electron chi connectivity index (χ2n) is 12.4. The molecule has 0 aliphatic carbocycles. The molecule has 0 unspecified atom stereocenters. The van der Waals surface area contributed by atoms with Crippen molar-refractivity contribution in [2.45, 2.75) is 0 Å². The lowest BCUT2D eigenvalue weighted by Gasteiger charge is -2.17. The molecule has 10 rings (SSSR count). The van der Waals surface area contributed by atoms with Gasteiger partial charge < -0.3 is 0 Å². The number of hydrogen-bond acceptors (Lipinski definition) is 4. The molecule has 0 aliphatic rings. The molecule has 50 heavy (non-hydrogen) atoms. The van der Waals surface area contributed by atoms with E-state index in [0.29, 0.717) is 0 Å². The van der Waals surface area contributed by atoms with Gasteiger partial charge in [-0.1, -0.05) is 133 Å². The van der Waals surface area contributed by atoms with Gasteiger partial charge in [0, 0.05) is 33.6 Å². The zero-order chi connectivity index (χ0) is 33.0. The van der Waals surface area contributed by atoms with Gasteiger partial charge in [-0.2, -0.15) is 0 Å². The molecule has 0 radical (unpaired) electrons. The Morgan fingerprint density at radius 1 is 0.300 bits per heavy atom. The van der Waals surface area contributed by atoms with E-state index >= 15 is 0 Å². The molecule has 8 aromatic carbocycles. The van der Waals surface area contributed by atoms with Crippen LogP contribution in [-0.2, 0) is 0 Å². The molecule has 6 nitrogen and oxygen atoms in total. The first-order valence-electron chi connectivity index (χ1n) is 16.7. The zero-order valence-corrected chi connectivity index (χ0v) is 26.8. The van der Waals surface area contributed by atoms with Crippen molar-refractivity contribution >= 4 is 32.3 Å². The largest absolute Gasteiger partial charge is 0.275 e. The highest BCUT2D eigenvalue weighted by Crippen LogP contribution is 2.43. The lowest BCUT2D eigenvalue weighted by molar-refractivity contribution is 1.07. The van der Waals surface area contributed by atoms with E-state index in [2.05, 4.69) is 130 Å². The Balaban J connectivity index is 1.23. The van der Waals surface area contributed by atoms with Gasteiger partial charge in [0.15, 0.2) is 23.3 Å². The van der Waals surface area contributed by atoms with E-state index in [1.54, 1.807) is 0 Å². The van der Waals surface area contributed by atoms with E-state index < -0.39 is 0 Å². The Kier molecular flexibility index (Phi) is 6.39. The highest BCUT2D eigenvalue weighted by atomic mass is 15.3. The predicted octanol–water partition coefficient (Wildman–Crippen LogP) is 10.4. The maximum absolute atomic E-state index is 4.85. The molecule has 0 fully saturated rings. The van der Waals surface area contributed by atoms with Crippen LogP contribution in [0.5, 0.6) is 0 Å². The van der Waals surface area contributed by atoms with Crippen LogP contribution in [0.4, 0.5) is 0 Å². The fourth-order valence-electron chi connectivity index (χ4n) is 7.30. The van der Waals surface area contributed by atoms with Crippen molar-refractivity contribution in [3.05, 3.63) is 170 Å². The molecule has 2 heterocycles. The molecule has 10 aromatic rings. The quantitative estimate of drug-likeness (QED) is 0.170. The minimum absolute atomic E-state index is 0.796. The molecule has 0 N–H and O–H groups in total. The molecule has 234 valence electrons. The normalized spacial score (nSPS) is 11.6. The summed E-state index contributed by atoms with van der Waals surface area (Å²) in [4.78, 5) is 0. The fourth-order valence-corrected chi connectivity index (χ4v) is 7.30. The number of benzene rings is 8. The highest BCUT2D eigenvalue weighted by molar-refractivity contribution is 6.27. The van der Waals surface area contributed by atoms with E-state index in [-0.39, 0.29) is 0 Å². The summed E-state index contributed by atoms with van der Waals surface area (Å²) < 4.78 is 4.33. The molecule has 0 spiro atoms. The molecular formula is C44H28N6. The van der Waals surface area contributed by atoms with Crippen molar-refractivity contribution in [1.82, 2.24) is 29.5 Å². The van der Waals surface area contributed by atoms with Gasteiger partial charge in [0.05, 0.1) is 0 Å². The maximum Gasteiger partial charge on any atom is 0.169 e. The van der Waals surface area contributed by atoms with Gasteiger partial charge in [-0.25, -0.2) is 0 Å². The topological polar surface area (TPSA) is 61.4 Å². The molecule has 0 amide bonds. The zero-order valence-electron chi connectivity index (χ0n) is 26.8. The number of para-hydroxylation sites is 2. The van der Waals surface area contributed by atoms with E-state index in [0.717, 1.165) is 67.7 Å². The third kappa shape index (κ3) is 4.36. The van der Waals surface area contributed by atoms with Gasteiger partial charge in [0.2, 0.25) is 0 Å². The van der Waals surface area contributed by atoms with Crippen LogP contribution >= 0.6 is 0 Å². The molecule has 0 aliphatic heterocycles. The summed E-state index contributed by atoms with van der Waals surface area (Å²) in [5.74, 6) is 3.19. The molecule has 6 heteroatoms. The van der Waals surface area contributed by atoms with Crippen molar-refractivity contribution < 1.29 is 0 Å². The molecule has 0 saturated heterocycles. The number of nitrogens with zero attached hydrogens (tertiary/aromatic N) is 6. The third-order valence-electron chi connectivity index (χ3n) is 9.57.